The predicted molar refractivity (Wildman–Crippen MR) is 82.7 cm³/mol. The molecule has 1 aliphatic carbocycles. The van der Waals surface area contributed by atoms with Crippen LogP contribution in [0.2, 0.25) is 0 Å². The van der Waals surface area contributed by atoms with Gasteiger partial charge in [0.2, 0.25) is 0 Å². The van der Waals surface area contributed by atoms with Gasteiger partial charge in [-0.2, -0.15) is 0 Å². The Labute approximate surface area is 132 Å². The van der Waals surface area contributed by atoms with Gasteiger partial charge in [0.05, 0.1) is 5.60 Å². The molecule has 0 atom stereocenters. The van der Waals surface area contributed by atoms with Crippen LogP contribution >= 0.6 is 0 Å². The molecule has 0 unspecified atom stereocenters. The van der Waals surface area contributed by atoms with Gasteiger partial charge in [-0.15, -0.1) is 0 Å². The van der Waals surface area contributed by atoms with E-state index in [1.165, 1.54) is 0 Å². The van der Waals surface area contributed by atoms with Crippen molar-refractivity contribution in [1.82, 2.24) is 9.80 Å². The van der Waals surface area contributed by atoms with E-state index >= 15 is 0 Å². The third-order valence-corrected chi connectivity index (χ3v) is 6.07. The molecule has 0 aromatic heterocycles. The number of ether oxygens (including phenoxy) is 2. The summed E-state index contributed by atoms with van der Waals surface area (Å²) in [5.74, 6) is 0.243. The molecule has 0 bridgehead atoms. The normalized spacial score (nSPS) is 31.9. The van der Waals surface area contributed by atoms with Crippen molar-refractivity contribution in [2.24, 2.45) is 0 Å². The Kier molecular flexibility index (Phi) is 3.70. The quantitative estimate of drug-likeness (QED) is 0.773. The van der Waals surface area contributed by atoms with Gasteiger partial charge in [0, 0.05) is 45.4 Å². The van der Waals surface area contributed by atoms with Crippen molar-refractivity contribution in [2.45, 2.75) is 62.7 Å². The van der Waals surface area contributed by atoms with Gasteiger partial charge >= 0.3 is 0 Å². The second-order valence-corrected chi connectivity index (χ2v) is 7.48. The van der Waals surface area contributed by atoms with Crippen molar-refractivity contribution in [3.63, 3.8) is 0 Å². The number of piperidine rings is 1. The molecule has 22 heavy (non-hydrogen) atoms. The van der Waals surface area contributed by atoms with Crippen molar-refractivity contribution in [1.29, 1.82) is 0 Å². The highest BCUT2D eigenvalue weighted by Crippen LogP contribution is 2.49. The Morgan fingerprint density at radius 1 is 1.14 bits per heavy atom. The smallest absolute Gasteiger partial charge is 0.254 e. The SMILES string of the molecule is CCN1CC2(CCN(C3CCOCC3)CC2)OC2(CC2)C1=O. The van der Waals surface area contributed by atoms with E-state index in [-0.39, 0.29) is 11.5 Å². The van der Waals surface area contributed by atoms with Crippen LogP contribution in [0.3, 0.4) is 0 Å². The van der Waals surface area contributed by atoms with Gasteiger partial charge in [-0.1, -0.05) is 0 Å². The van der Waals surface area contributed by atoms with Crippen LogP contribution in [-0.4, -0.2) is 72.3 Å². The number of likely N-dealkylation sites (N-methyl/N-ethyl adjacent to an activating group) is 1. The van der Waals surface area contributed by atoms with Crippen LogP contribution in [0.5, 0.6) is 0 Å². The first-order valence-corrected chi connectivity index (χ1v) is 8.98. The molecule has 0 aromatic rings. The number of morpholine rings is 1. The minimum atomic E-state index is -0.435. The minimum Gasteiger partial charge on any atom is -0.381 e. The summed E-state index contributed by atoms with van der Waals surface area (Å²) >= 11 is 0. The van der Waals surface area contributed by atoms with E-state index in [4.69, 9.17) is 9.47 Å². The lowest BCUT2D eigenvalue weighted by molar-refractivity contribution is -0.201. The lowest BCUT2D eigenvalue weighted by Crippen LogP contribution is -2.63. The van der Waals surface area contributed by atoms with E-state index in [9.17, 15) is 4.79 Å². The Morgan fingerprint density at radius 3 is 2.41 bits per heavy atom. The highest BCUT2D eigenvalue weighted by Gasteiger charge is 2.61. The van der Waals surface area contributed by atoms with Crippen LogP contribution in [0.1, 0.15) is 45.4 Å². The lowest BCUT2D eigenvalue weighted by atomic mass is 9.86. The molecule has 3 heterocycles. The van der Waals surface area contributed by atoms with Gasteiger partial charge in [0.25, 0.3) is 5.91 Å². The van der Waals surface area contributed by atoms with Crippen LogP contribution < -0.4 is 0 Å². The average Bonchev–Trinajstić information content (AvgIpc) is 3.33. The number of rotatable bonds is 2. The Morgan fingerprint density at radius 2 is 1.82 bits per heavy atom. The van der Waals surface area contributed by atoms with Gasteiger partial charge in [0.15, 0.2) is 0 Å². The molecule has 0 radical (unpaired) electrons. The second kappa shape index (κ2) is 5.46. The summed E-state index contributed by atoms with van der Waals surface area (Å²) in [5, 5.41) is 0. The van der Waals surface area contributed by atoms with E-state index < -0.39 is 5.60 Å². The Hall–Kier alpha value is -0.650. The molecule has 5 heteroatoms. The van der Waals surface area contributed by atoms with Gasteiger partial charge < -0.3 is 14.4 Å². The zero-order chi connectivity index (χ0) is 15.2. The third-order valence-electron chi connectivity index (χ3n) is 6.07. The molecule has 3 saturated heterocycles. The van der Waals surface area contributed by atoms with Crippen LogP contribution in [0.15, 0.2) is 0 Å². The van der Waals surface area contributed by atoms with Crippen molar-refractivity contribution in [3.8, 4) is 0 Å². The molecule has 0 N–H and O–H groups in total. The topological polar surface area (TPSA) is 42.0 Å². The van der Waals surface area contributed by atoms with Gasteiger partial charge in [-0.05, 0) is 45.4 Å². The highest BCUT2D eigenvalue weighted by molar-refractivity contribution is 5.89. The van der Waals surface area contributed by atoms with E-state index in [1.807, 2.05) is 4.90 Å². The summed E-state index contributed by atoms with van der Waals surface area (Å²) < 4.78 is 11.9. The van der Waals surface area contributed by atoms with Gasteiger partial charge in [-0.25, -0.2) is 0 Å². The van der Waals surface area contributed by atoms with Crippen molar-refractivity contribution in [3.05, 3.63) is 0 Å². The molecule has 3 aliphatic heterocycles. The number of carbonyl (C=O) groups excluding carboxylic acids is 1. The average molecular weight is 308 g/mol. The summed E-state index contributed by atoms with van der Waals surface area (Å²) in [7, 11) is 0. The summed E-state index contributed by atoms with van der Waals surface area (Å²) in [5.41, 5.74) is -0.517. The Bertz CT molecular complexity index is 435. The van der Waals surface area contributed by atoms with Crippen LogP contribution in [0.25, 0.3) is 0 Å². The highest BCUT2D eigenvalue weighted by atomic mass is 16.5. The van der Waals surface area contributed by atoms with Crippen LogP contribution in [0.4, 0.5) is 0 Å². The zero-order valence-electron chi connectivity index (χ0n) is 13.7. The molecule has 4 fully saturated rings. The second-order valence-electron chi connectivity index (χ2n) is 7.48. The number of nitrogens with zero attached hydrogens (tertiary/aromatic N) is 2. The maximum Gasteiger partial charge on any atom is 0.254 e. The van der Waals surface area contributed by atoms with E-state index in [2.05, 4.69) is 11.8 Å². The van der Waals surface area contributed by atoms with Crippen LogP contribution in [-0.2, 0) is 14.3 Å². The molecule has 2 spiro atoms. The molecular formula is C17H28N2O3. The molecule has 4 rings (SSSR count). The predicted octanol–water partition coefficient (Wildman–Crippen LogP) is 1.41. The fraction of sp³-hybridized carbons (Fsp3) is 0.941. The molecule has 5 nitrogen and oxygen atoms in total. The number of hydrogen-bond acceptors (Lipinski definition) is 4. The number of carbonyl (C=O) groups is 1. The van der Waals surface area contributed by atoms with Crippen molar-refractivity contribution in [2.75, 3.05) is 39.4 Å². The van der Waals surface area contributed by atoms with E-state index in [1.54, 1.807) is 0 Å². The third kappa shape index (κ3) is 2.47. The van der Waals surface area contributed by atoms with Crippen molar-refractivity contribution < 1.29 is 14.3 Å². The largest absolute Gasteiger partial charge is 0.381 e. The first-order chi connectivity index (χ1) is 10.7. The monoisotopic (exact) mass is 308 g/mol. The minimum absolute atomic E-state index is 0.0813. The number of hydrogen-bond donors (Lipinski definition) is 0. The van der Waals surface area contributed by atoms with Crippen molar-refractivity contribution >= 4 is 5.91 Å². The fourth-order valence-corrected chi connectivity index (χ4v) is 4.49. The van der Waals surface area contributed by atoms with Crippen LogP contribution in [0, 0.1) is 0 Å². The summed E-state index contributed by atoms with van der Waals surface area (Å²) in [4.78, 5) is 17.1. The molecule has 4 aliphatic rings. The van der Waals surface area contributed by atoms with E-state index in [0.717, 1.165) is 77.9 Å². The fourth-order valence-electron chi connectivity index (χ4n) is 4.49. The zero-order valence-corrected chi connectivity index (χ0v) is 13.7. The molecule has 1 amide bonds. The van der Waals surface area contributed by atoms with Gasteiger partial charge in [0.1, 0.15) is 5.60 Å². The number of likely N-dealkylation sites (tertiary alicyclic amines) is 1. The standard InChI is InChI=1S/C17H28N2O3/c1-2-18-13-16(22-17(5-6-17)15(18)20)7-9-19(10-8-16)14-3-11-21-12-4-14/h14H,2-13H2,1H3. The molecule has 0 aromatic carbocycles. The summed E-state index contributed by atoms with van der Waals surface area (Å²) in [6.45, 7) is 7.72. The maximum absolute atomic E-state index is 12.5. The summed E-state index contributed by atoms with van der Waals surface area (Å²) in [6, 6.07) is 0.688. The molecule has 124 valence electrons. The number of amides is 1. The first-order valence-electron chi connectivity index (χ1n) is 8.98. The molecular weight excluding hydrogens is 280 g/mol. The Balaban J connectivity index is 1.42. The van der Waals surface area contributed by atoms with E-state index in [0.29, 0.717) is 6.04 Å². The first kappa shape index (κ1) is 14.9. The summed E-state index contributed by atoms with van der Waals surface area (Å²) in [6.07, 6.45) is 6.31. The molecule has 1 saturated carbocycles. The maximum atomic E-state index is 12.5. The van der Waals surface area contributed by atoms with Gasteiger partial charge in [-0.3, -0.25) is 9.69 Å². The lowest BCUT2D eigenvalue weighted by Gasteiger charge is -2.51.